The average Bonchev–Trinajstić information content (AvgIpc) is 2.40. The lowest BCUT2D eigenvalue weighted by atomic mass is 10.1. The molecular formula is C15H17ClN2O. The van der Waals surface area contributed by atoms with Crippen LogP contribution in [0.25, 0.3) is 0 Å². The second-order valence-electron chi connectivity index (χ2n) is 4.54. The van der Waals surface area contributed by atoms with Crippen LogP contribution >= 0.6 is 11.6 Å². The molecule has 0 spiro atoms. The Morgan fingerprint density at radius 2 is 2.00 bits per heavy atom. The van der Waals surface area contributed by atoms with Gasteiger partial charge in [-0.15, -0.1) is 0 Å². The van der Waals surface area contributed by atoms with Gasteiger partial charge in [-0.1, -0.05) is 17.7 Å². The van der Waals surface area contributed by atoms with E-state index in [0.717, 1.165) is 16.9 Å². The second kappa shape index (κ2) is 6.55. The lowest BCUT2D eigenvalue weighted by Crippen LogP contribution is -2.18. The minimum Gasteiger partial charge on any atom is -0.489 e. The van der Waals surface area contributed by atoms with Crippen LogP contribution in [-0.2, 0) is 13.0 Å². The van der Waals surface area contributed by atoms with E-state index in [1.54, 1.807) is 12.4 Å². The highest BCUT2D eigenvalue weighted by Gasteiger charge is 2.10. The number of nitrogens with zero attached hydrogens (tertiary/aromatic N) is 1. The molecule has 19 heavy (non-hydrogen) atoms. The summed E-state index contributed by atoms with van der Waals surface area (Å²) in [7, 11) is 0. The summed E-state index contributed by atoms with van der Waals surface area (Å²) >= 11 is 6.21. The number of rotatable bonds is 5. The Morgan fingerprint density at radius 3 is 2.68 bits per heavy atom. The van der Waals surface area contributed by atoms with Crippen LogP contribution in [0.15, 0.2) is 42.7 Å². The molecule has 0 radical (unpaired) electrons. The molecule has 1 aromatic carbocycles. The van der Waals surface area contributed by atoms with E-state index < -0.39 is 0 Å². The van der Waals surface area contributed by atoms with Crippen molar-refractivity contribution in [3.63, 3.8) is 0 Å². The average molecular weight is 277 g/mol. The molecule has 0 aliphatic carbocycles. The van der Waals surface area contributed by atoms with E-state index >= 15 is 0 Å². The first-order chi connectivity index (χ1) is 9.16. The van der Waals surface area contributed by atoms with Crippen molar-refractivity contribution in [2.75, 3.05) is 0 Å². The molecule has 0 fully saturated rings. The summed E-state index contributed by atoms with van der Waals surface area (Å²) in [5.41, 5.74) is 7.88. The van der Waals surface area contributed by atoms with Gasteiger partial charge in [-0.2, -0.15) is 0 Å². The van der Waals surface area contributed by atoms with Gasteiger partial charge < -0.3 is 10.5 Å². The third-order valence-electron chi connectivity index (χ3n) is 2.75. The molecule has 0 aliphatic heterocycles. The number of pyridine rings is 1. The minimum atomic E-state index is 0.0446. The van der Waals surface area contributed by atoms with Gasteiger partial charge in [0, 0.05) is 29.0 Å². The van der Waals surface area contributed by atoms with Gasteiger partial charge in [0.15, 0.2) is 0 Å². The summed E-state index contributed by atoms with van der Waals surface area (Å²) in [5.74, 6) is 0.793. The van der Waals surface area contributed by atoms with Gasteiger partial charge in [0.05, 0.1) is 0 Å². The third-order valence-corrected chi connectivity index (χ3v) is 3.10. The zero-order valence-electron chi connectivity index (χ0n) is 10.8. The van der Waals surface area contributed by atoms with Crippen LogP contribution in [0.4, 0.5) is 0 Å². The van der Waals surface area contributed by atoms with Crippen LogP contribution in [0.3, 0.4) is 0 Å². The van der Waals surface area contributed by atoms with Crippen LogP contribution < -0.4 is 10.5 Å². The molecule has 4 heteroatoms. The second-order valence-corrected chi connectivity index (χ2v) is 4.95. The van der Waals surface area contributed by atoms with E-state index in [1.165, 1.54) is 0 Å². The fourth-order valence-electron chi connectivity index (χ4n) is 1.83. The zero-order valence-corrected chi connectivity index (χ0v) is 11.6. The first-order valence-corrected chi connectivity index (χ1v) is 6.59. The molecule has 0 saturated heterocycles. The third kappa shape index (κ3) is 3.94. The standard InChI is InChI=1S/C15H17ClN2O/c1-11(17)9-13-14(16)3-2-4-15(13)19-10-12-5-7-18-8-6-12/h2-8,11H,9-10,17H2,1H3. The predicted molar refractivity (Wildman–Crippen MR) is 77.4 cm³/mol. The van der Waals surface area contributed by atoms with Crippen LogP contribution in [0.2, 0.25) is 5.02 Å². The lowest BCUT2D eigenvalue weighted by Gasteiger charge is -2.14. The maximum absolute atomic E-state index is 6.21. The maximum atomic E-state index is 6.21. The maximum Gasteiger partial charge on any atom is 0.124 e. The number of ether oxygens (including phenoxy) is 1. The molecule has 0 aliphatic rings. The Hall–Kier alpha value is -1.58. The number of hydrogen-bond donors (Lipinski definition) is 1. The molecule has 1 aromatic heterocycles. The zero-order chi connectivity index (χ0) is 13.7. The Kier molecular flexibility index (Phi) is 4.77. The summed E-state index contributed by atoms with van der Waals surface area (Å²) in [5, 5.41) is 0.699. The van der Waals surface area contributed by atoms with Crippen molar-refractivity contribution < 1.29 is 4.74 Å². The van der Waals surface area contributed by atoms with Gasteiger partial charge in [0.1, 0.15) is 12.4 Å². The lowest BCUT2D eigenvalue weighted by molar-refractivity contribution is 0.302. The van der Waals surface area contributed by atoms with Gasteiger partial charge in [0.25, 0.3) is 0 Å². The quantitative estimate of drug-likeness (QED) is 0.912. The van der Waals surface area contributed by atoms with E-state index in [-0.39, 0.29) is 6.04 Å². The summed E-state index contributed by atoms with van der Waals surface area (Å²) in [4.78, 5) is 3.98. The van der Waals surface area contributed by atoms with Crippen LogP contribution in [0.5, 0.6) is 5.75 Å². The fourth-order valence-corrected chi connectivity index (χ4v) is 2.08. The molecule has 1 atom stereocenters. The van der Waals surface area contributed by atoms with Gasteiger partial charge in [-0.05, 0) is 43.2 Å². The van der Waals surface area contributed by atoms with Crippen LogP contribution in [0.1, 0.15) is 18.1 Å². The van der Waals surface area contributed by atoms with Gasteiger partial charge >= 0.3 is 0 Å². The van der Waals surface area contributed by atoms with E-state index in [2.05, 4.69) is 4.98 Å². The molecule has 100 valence electrons. The van der Waals surface area contributed by atoms with Gasteiger partial charge in [-0.25, -0.2) is 0 Å². The molecule has 2 rings (SSSR count). The smallest absolute Gasteiger partial charge is 0.124 e. The van der Waals surface area contributed by atoms with Gasteiger partial charge in [-0.3, -0.25) is 4.98 Å². The summed E-state index contributed by atoms with van der Waals surface area (Å²) in [6, 6.07) is 9.56. The number of halogens is 1. The largest absolute Gasteiger partial charge is 0.489 e. The molecular weight excluding hydrogens is 260 g/mol. The molecule has 3 nitrogen and oxygen atoms in total. The fraction of sp³-hybridized carbons (Fsp3) is 0.267. The van der Waals surface area contributed by atoms with Crippen molar-refractivity contribution in [2.24, 2.45) is 5.73 Å². The number of nitrogens with two attached hydrogens (primary N) is 1. The molecule has 2 N–H and O–H groups in total. The Morgan fingerprint density at radius 1 is 1.26 bits per heavy atom. The monoisotopic (exact) mass is 276 g/mol. The minimum absolute atomic E-state index is 0.0446. The van der Waals surface area contributed by atoms with Crippen molar-refractivity contribution in [1.82, 2.24) is 4.98 Å². The molecule has 0 bridgehead atoms. The highest BCUT2D eigenvalue weighted by molar-refractivity contribution is 6.31. The highest BCUT2D eigenvalue weighted by atomic mass is 35.5. The predicted octanol–water partition coefficient (Wildman–Crippen LogP) is 3.20. The summed E-state index contributed by atoms with van der Waals surface area (Å²) < 4.78 is 5.84. The van der Waals surface area contributed by atoms with E-state index in [4.69, 9.17) is 22.1 Å². The normalized spacial score (nSPS) is 12.2. The summed E-state index contributed by atoms with van der Waals surface area (Å²) in [6.07, 6.45) is 4.20. The number of hydrogen-bond acceptors (Lipinski definition) is 3. The topological polar surface area (TPSA) is 48.1 Å². The Labute approximate surface area is 118 Å². The first-order valence-electron chi connectivity index (χ1n) is 6.21. The Bertz CT molecular complexity index is 529. The van der Waals surface area contributed by atoms with Crippen molar-refractivity contribution >= 4 is 11.6 Å². The van der Waals surface area contributed by atoms with E-state index in [0.29, 0.717) is 18.1 Å². The molecule has 1 heterocycles. The summed E-state index contributed by atoms with van der Waals surface area (Å²) in [6.45, 7) is 2.45. The van der Waals surface area contributed by atoms with Crippen molar-refractivity contribution in [3.8, 4) is 5.75 Å². The SMILES string of the molecule is CC(N)Cc1c(Cl)cccc1OCc1ccncc1. The van der Waals surface area contributed by atoms with Crippen molar-refractivity contribution in [3.05, 3.63) is 58.9 Å². The molecule has 2 aromatic rings. The number of benzene rings is 1. The van der Waals surface area contributed by atoms with E-state index in [1.807, 2.05) is 37.3 Å². The van der Waals surface area contributed by atoms with E-state index in [9.17, 15) is 0 Å². The molecule has 0 amide bonds. The van der Waals surface area contributed by atoms with Crippen LogP contribution in [-0.4, -0.2) is 11.0 Å². The van der Waals surface area contributed by atoms with Crippen molar-refractivity contribution in [1.29, 1.82) is 0 Å². The molecule has 1 unspecified atom stereocenters. The molecule has 0 saturated carbocycles. The van der Waals surface area contributed by atoms with Crippen molar-refractivity contribution in [2.45, 2.75) is 26.0 Å². The Balaban J connectivity index is 2.13. The highest BCUT2D eigenvalue weighted by Crippen LogP contribution is 2.28. The number of aromatic nitrogens is 1. The van der Waals surface area contributed by atoms with Crippen LogP contribution in [0, 0.1) is 0 Å². The first kappa shape index (κ1) is 13.8. The van der Waals surface area contributed by atoms with Gasteiger partial charge in [0.2, 0.25) is 0 Å².